The van der Waals surface area contributed by atoms with Gasteiger partial charge in [0.1, 0.15) is 49.4 Å². The van der Waals surface area contributed by atoms with E-state index in [4.69, 9.17) is 31.8 Å². The molecule has 0 unspecified atom stereocenters. The molecule has 2 rings (SSSR count). The number of terminal acetylenes is 2. The average Bonchev–Trinajstić information content (AvgIpc) is 2.74. The molecule has 0 heterocycles. The maximum absolute atomic E-state index is 5.49. The van der Waals surface area contributed by atoms with Crippen LogP contribution in [0.4, 0.5) is 0 Å². The Kier molecular flexibility index (Phi) is 8.85. The zero-order valence-corrected chi connectivity index (χ0v) is 15.2. The lowest BCUT2D eigenvalue weighted by molar-refractivity contribution is 0.359. The van der Waals surface area contributed by atoms with E-state index < -0.39 is 0 Å². The molecule has 0 radical (unpaired) electrons. The van der Waals surface area contributed by atoms with Gasteiger partial charge in [-0.25, -0.2) is 0 Å². The Balaban J connectivity index is 1.66. The summed E-state index contributed by atoms with van der Waals surface area (Å²) in [5, 5.41) is 0. The fourth-order valence-corrected chi connectivity index (χ4v) is 1.91. The highest BCUT2D eigenvalue weighted by molar-refractivity contribution is 5.33. The lowest BCUT2D eigenvalue weighted by atomic mass is 10.3. The third-order valence-electron chi connectivity index (χ3n) is 3.15. The van der Waals surface area contributed by atoms with Gasteiger partial charge in [-0.1, -0.05) is 11.8 Å². The number of hydrogen-bond donors (Lipinski definition) is 0. The second-order valence-electron chi connectivity index (χ2n) is 5.11. The maximum Gasteiger partial charge on any atom is 0.150 e. The first-order chi connectivity index (χ1) is 13.8. The number of ether oxygens (including phenoxy) is 4. The van der Waals surface area contributed by atoms with E-state index in [1.807, 2.05) is 0 Å². The van der Waals surface area contributed by atoms with Gasteiger partial charge in [-0.2, -0.15) is 0 Å². The van der Waals surface area contributed by atoms with Gasteiger partial charge in [0, 0.05) is 0 Å². The second-order valence-corrected chi connectivity index (χ2v) is 5.11. The molecule has 4 heteroatoms. The predicted molar refractivity (Wildman–Crippen MR) is 108 cm³/mol. The Morgan fingerprint density at radius 2 is 0.786 bits per heavy atom. The molecule has 2 aromatic rings. The Morgan fingerprint density at radius 3 is 1.07 bits per heavy atom. The van der Waals surface area contributed by atoms with Crippen LogP contribution in [0.2, 0.25) is 0 Å². The van der Waals surface area contributed by atoms with Crippen LogP contribution in [0.1, 0.15) is 0 Å². The minimum atomic E-state index is 0.235. The zero-order chi connectivity index (χ0) is 19.9. The van der Waals surface area contributed by atoms with Crippen LogP contribution in [0.5, 0.6) is 23.0 Å². The Bertz CT molecular complexity index is 856. The van der Waals surface area contributed by atoms with E-state index in [0.29, 0.717) is 23.0 Å². The van der Waals surface area contributed by atoms with E-state index in [9.17, 15) is 0 Å². The molecule has 2 aromatic carbocycles. The quantitative estimate of drug-likeness (QED) is 0.669. The van der Waals surface area contributed by atoms with Crippen molar-refractivity contribution in [1.29, 1.82) is 0 Å². The summed E-state index contributed by atoms with van der Waals surface area (Å²) in [6, 6.07) is 14.3. The SMILES string of the molecule is C#CCOc1ccc(OCC#CC#CCOc2ccc(OCC#C)cc2)cc1. The Morgan fingerprint density at radius 1 is 0.500 bits per heavy atom. The predicted octanol–water partition coefficient (Wildman–Crippen LogP) is 3.18. The molecule has 0 saturated heterocycles. The van der Waals surface area contributed by atoms with Crippen LogP contribution >= 0.6 is 0 Å². The molecule has 0 aromatic heterocycles. The van der Waals surface area contributed by atoms with Crippen molar-refractivity contribution < 1.29 is 18.9 Å². The van der Waals surface area contributed by atoms with Crippen LogP contribution in [-0.2, 0) is 0 Å². The van der Waals surface area contributed by atoms with Crippen molar-refractivity contribution in [2.45, 2.75) is 0 Å². The van der Waals surface area contributed by atoms with E-state index in [0.717, 1.165) is 0 Å². The Labute approximate surface area is 165 Å². The maximum atomic E-state index is 5.49. The minimum absolute atomic E-state index is 0.235. The van der Waals surface area contributed by atoms with Crippen LogP contribution < -0.4 is 18.9 Å². The summed E-state index contributed by atoms with van der Waals surface area (Å²) in [7, 11) is 0. The number of hydrogen-bond acceptors (Lipinski definition) is 4. The molecule has 28 heavy (non-hydrogen) atoms. The standard InChI is InChI=1S/C24H18O4/c1-3-17-25-21-9-13-23(14-10-21)27-19-7-5-6-8-20-28-24-15-11-22(12-16-24)26-18-4-2/h1-2,9-16H,17-20H2. The van der Waals surface area contributed by atoms with Crippen molar-refractivity contribution in [3.8, 4) is 71.4 Å². The summed E-state index contributed by atoms with van der Waals surface area (Å²) >= 11 is 0. The first kappa shape index (κ1) is 20.2. The number of rotatable bonds is 8. The van der Waals surface area contributed by atoms with E-state index in [1.165, 1.54) is 0 Å². The van der Waals surface area contributed by atoms with Gasteiger partial charge in [0.2, 0.25) is 0 Å². The van der Waals surface area contributed by atoms with Crippen molar-refractivity contribution in [2.24, 2.45) is 0 Å². The highest BCUT2D eigenvalue weighted by Crippen LogP contribution is 2.18. The van der Waals surface area contributed by atoms with Crippen LogP contribution in [0.15, 0.2) is 48.5 Å². The summed E-state index contributed by atoms with van der Waals surface area (Å²) < 4.78 is 21.5. The van der Waals surface area contributed by atoms with Gasteiger partial charge in [-0.3, -0.25) is 0 Å². The third kappa shape index (κ3) is 7.84. The van der Waals surface area contributed by atoms with Crippen LogP contribution in [0.25, 0.3) is 0 Å². The zero-order valence-electron chi connectivity index (χ0n) is 15.2. The molecule has 138 valence electrons. The van der Waals surface area contributed by atoms with Crippen molar-refractivity contribution in [3.63, 3.8) is 0 Å². The van der Waals surface area contributed by atoms with Gasteiger partial charge in [-0.15, -0.1) is 12.8 Å². The molecule has 0 amide bonds. The third-order valence-corrected chi connectivity index (χ3v) is 3.15. The molecular weight excluding hydrogens is 352 g/mol. The summed E-state index contributed by atoms with van der Waals surface area (Å²) in [5.41, 5.74) is 0. The highest BCUT2D eigenvalue weighted by atomic mass is 16.5. The van der Waals surface area contributed by atoms with Crippen LogP contribution in [0.3, 0.4) is 0 Å². The van der Waals surface area contributed by atoms with Crippen molar-refractivity contribution in [2.75, 3.05) is 26.4 Å². The highest BCUT2D eigenvalue weighted by Gasteiger charge is 1.95. The first-order valence-corrected chi connectivity index (χ1v) is 8.36. The largest absolute Gasteiger partial charge is 0.481 e. The van der Waals surface area contributed by atoms with Crippen molar-refractivity contribution in [1.82, 2.24) is 0 Å². The van der Waals surface area contributed by atoms with Gasteiger partial charge in [-0.05, 0) is 72.2 Å². The van der Waals surface area contributed by atoms with E-state index >= 15 is 0 Å². The lowest BCUT2D eigenvalue weighted by Gasteiger charge is -2.04. The molecule has 0 saturated carbocycles. The Hall–Kier alpha value is -4.12. The second kappa shape index (κ2) is 12.3. The summed E-state index contributed by atoms with van der Waals surface area (Å²) in [6.07, 6.45) is 10.3. The summed E-state index contributed by atoms with van der Waals surface area (Å²) in [4.78, 5) is 0. The molecule has 0 N–H and O–H groups in total. The molecule has 0 aliphatic carbocycles. The van der Waals surface area contributed by atoms with Gasteiger partial charge in [0.15, 0.2) is 0 Å². The molecule has 0 spiro atoms. The summed E-state index contributed by atoms with van der Waals surface area (Å²) in [6.45, 7) is 0.943. The average molecular weight is 370 g/mol. The lowest BCUT2D eigenvalue weighted by Crippen LogP contribution is -1.96. The fourth-order valence-electron chi connectivity index (χ4n) is 1.91. The normalized spacial score (nSPS) is 8.64. The first-order valence-electron chi connectivity index (χ1n) is 8.36. The van der Waals surface area contributed by atoms with Gasteiger partial charge >= 0.3 is 0 Å². The van der Waals surface area contributed by atoms with E-state index in [2.05, 4.69) is 35.5 Å². The van der Waals surface area contributed by atoms with Gasteiger partial charge in [0.05, 0.1) is 0 Å². The molecular formula is C24H18O4. The fraction of sp³-hybridized carbons (Fsp3) is 0.167. The topological polar surface area (TPSA) is 36.9 Å². The molecule has 0 bridgehead atoms. The monoisotopic (exact) mass is 370 g/mol. The minimum Gasteiger partial charge on any atom is -0.481 e. The van der Waals surface area contributed by atoms with E-state index in [-0.39, 0.29) is 26.4 Å². The molecule has 4 nitrogen and oxygen atoms in total. The van der Waals surface area contributed by atoms with Crippen molar-refractivity contribution in [3.05, 3.63) is 48.5 Å². The summed E-state index contributed by atoms with van der Waals surface area (Å²) in [5.74, 6) is 18.6. The molecule has 0 atom stereocenters. The van der Waals surface area contributed by atoms with Crippen molar-refractivity contribution >= 4 is 0 Å². The van der Waals surface area contributed by atoms with Crippen LogP contribution in [-0.4, -0.2) is 26.4 Å². The molecule has 0 fully saturated rings. The van der Waals surface area contributed by atoms with E-state index in [1.54, 1.807) is 48.5 Å². The smallest absolute Gasteiger partial charge is 0.150 e. The number of benzene rings is 2. The van der Waals surface area contributed by atoms with Gasteiger partial charge < -0.3 is 18.9 Å². The van der Waals surface area contributed by atoms with Gasteiger partial charge in [0.25, 0.3) is 0 Å². The van der Waals surface area contributed by atoms with Crippen LogP contribution in [0, 0.1) is 48.4 Å². The molecule has 0 aliphatic rings. The molecule has 0 aliphatic heterocycles.